The Kier molecular flexibility index (Phi) is 6.39. The molecule has 1 fully saturated rings. The van der Waals surface area contributed by atoms with E-state index in [0.29, 0.717) is 13.1 Å². The third-order valence-corrected chi connectivity index (χ3v) is 6.54. The fourth-order valence-corrected chi connectivity index (χ4v) is 4.87. The summed E-state index contributed by atoms with van der Waals surface area (Å²) >= 11 is 1.77. The Morgan fingerprint density at radius 3 is 2.48 bits per heavy atom. The summed E-state index contributed by atoms with van der Waals surface area (Å²) in [5.41, 5.74) is 3.30. The number of thioether (sulfide) groups is 1. The van der Waals surface area contributed by atoms with Gasteiger partial charge in [-0.2, -0.15) is 0 Å². The minimum atomic E-state index is -0.0818. The van der Waals surface area contributed by atoms with Crippen molar-refractivity contribution in [2.75, 3.05) is 35.2 Å². The number of anilines is 2. The number of para-hydroxylation sites is 1. The number of fused-ring (bicyclic) bond motifs is 1. The van der Waals surface area contributed by atoms with Crippen molar-refractivity contribution in [3.8, 4) is 0 Å². The van der Waals surface area contributed by atoms with Crippen LogP contribution in [0.1, 0.15) is 31.2 Å². The van der Waals surface area contributed by atoms with Gasteiger partial charge in [-0.25, -0.2) is 0 Å². The summed E-state index contributed by atoms with van der Waals surface area (Å²) in [5.74, 6) is 0.826. The Bertz CT molecular complexity index is 863. The zero-order valence-corrected chi connectivity index (χ0v) is 17.4. The molecule has 0 bridgehead atoms. The summed E-state index contributed by atoms with van der Waals surface area (Å²) in [6, 6.07) is 16.4. The van der Waals surface area contributed by atoms with Crippen LogP contribution in [0.3, 0.4) is 0 Å². The van der Waals surface area contributed by atoms with Gasteiger partial charge in [0, 0.05) is 55.4 Å². The second kappa shape index (κ2) is 9.35. The fourth-order valence-electron chi connectivity index (χ4n) is 3.87. The second-order valence-electron chi connectivity index (χ2n) is 7.50. The SMILES string of the molecule is O=C(CCC(=O)N1CCSc2ccccc21)NCc1ccc(N2CCCC2)cc1. The van der Waals surface area contributed by atoms with Crippen molar-refractivity contribution in [1.82, 2.24) is 5.32 Å². The monoisotopic (exact) mass is 409 g/mol. The van der Waals surface area contributed by atoms with Crippen LogP contribution in [0.2, 0.25) is 0 Å². The summed E-state index contributed by atoms with van der Waals surface area (Å²) in [5, 5.41) is 2.94. The molecule has 2 aromatic rings. The molecule has 6 heteroatoms. The van der Waals surface area contributed by atoms with Crippen molar-refractivity contribution >= 4 is 35.0 Å². The molecule has 2 aliphatic rings. The topological polar surface area (TPSA) is 52.7 Å². The molecule has 0 saturated carbocycles. The number of carbonyl (C=O) groups is 2. The minimum absolute atomic E-state index is 0.0165. The Morgan fingerprint density at radius 1 is 0.931 bits per heavy atom. The zero-order valence-electron chi connectivity index (χ0n) is 16.6. The first-order valence-corrected chi connectivity index (χ1v) is 11.3. The van der Waals surface area contributed by atoms with E-state index in [1.807, 2.05) is 29.2 Å². The van der Waals surface area contributed by atoms with Gasteiger partial charge in [-0.3, -0.25) is 9.59 Å². The number of nitrogens with one attached hydrogen (secondary N) is 1. The van der Waals surface area contributed by atoms with Crippen molar-refractivity contribution in [3.63, 3.8) is 0 Å². The number of carbonyl (C=O) groups excluding carboxylic acids is 2. The molecule has 2 aliphatic heterocycles. The summed E-state index contributed by atoms with van der Waals surface area (Å²) in [4.78, 5) is 30.2. The molecule has 0 aliphatic carbocycles. The Labute approximate surface area is 176 Å². The predicted octanol–water partition coefficient (Wildman–Crippen LogP) is 3.82. The van der Waals surface area contributed by atoms with Crippen molar-refractivity contribution in [2.45, 2.75) is 37.1 Å². The number of hydrogen-bond donors (Lipinski definition) is 1. The molecular formula is C23H27N3O2S. The highest BCUT2D eigenvalue weighted by Gasteiger charge is 2.22. The van der Waals surface area contributed by atoms with Crippen LogP contribution >= 0.6 is 11.8 Å². The van der Waals surface area contributed by atoms with E-state index < -0.39 is 0 Å². The summed E-state index contributed by atoms with van der Waals surface area (Å²) in [6.07, 6.45) is 2.98. The van der Waals surface area contributed by atoms with Gasteiger partial charge in [0.1, 0.15) is 0 Å². The molecule has 0 aromatic heterocycles. The van der Waals surface area contributed by atoms with Gasteiger partial charge >= 0.3 is 0 Å². The van der Waals surface area contributed by atoms with E-state index in [9.17, 15) is 9.59 Å². The third kappa shape index (κ3) is 4.93. The standard InChI is InChI=1S/C23H27N3O2S/c27-22(24-17-18-7-9-19(10-8-18)25-13-3-4-14-25)11-12-23(28)26-15-16-29-21-6-2-1-5-20(21)26/h1-2,5-10H,3-4,11-17H2,(H,24,27). The maximum absolute atomic E-state index is 12.6. The molecule has 1 saturated heterocycles. The number of benzene rings is 2. The van der Waals surface area contributed by atoms with Crippen LogP contribution in [-0.4, -0.2) is 37.2 Å². The number of amides is 2. The quantitative estimate of drug-likeness (QED) is 0.788. The zero-order chi connectivity index (χ0) is 20.1. The maximum Gasteiger partial charge on any atom is 0.227 e. The Morgan fingerprint density at radius 2 is 1.69 bits per heavy atom. The van der Waals surface area contributed by atoms with E-state index in [0.717, 1.165) is 35.0 Å². The summed E-state index contributed by atoms with van der Waals surface area (Å²) in [6.45, 7) is 3.45. The number of nitrogens with zero attached hydrogens (tertiary/aromatic N) is 2. The van der Waals surface area contributed by atoms with Gasteiger partial charge in [-0.15, -0.1) is 11.8 Å². The molecule has 152 valence electrons. The molecule has 0 atom stereocenters. The van der Waals surface area contributed by atoms with Crippen LogP contribution in [0.5, 0.6) is 0 Å². The Balaban J connectivity index is 1.24. The van der Waals surface area contributed by atoms with E-state index in [-0.39, 0.29) is 24.7 Å². The van der Waals surface area contributed by atoms with Crippen LogP contribution in [0.15, 0.2) is 53.4 Å². The van der Waals surface area contributed by atoms with Crippen LogP contribution in [0, 0.1) is 0 Å². The smallest absolute Gasteiger partial charge is 0.227 e. The first-order valence-electron chi connectivity index (χ1n) is 10.3. The van der Waals surface area contributed by atoms with Gasteiger partial charge in [0.05, 0.1) is 5.69 Å². The van der Waals surface area contributed by atoms with Crippen molar-refractivity contribution in [2.24, 2.45) is 0 Å². The molecule has 0 unspecified atom stereocenters. The summed E-state index contributed by atoms with van der Waals surface area (Å²) < 4.78 is 0. The average Bonchev–Trinajstić information content (AvgIpc) is 3.31. The highest BCUT2D eigenvalue weighted by Crippen LogP contribution is 2.34. The number of rotatable bonds is 6. The van der Waals surface area contributed by atoms with Crippen molar-refractivity contribution < 1.29 is 9.59 Å². The fraction of sp³-hybridized carbons (Fsp3) is 0.391. The second-order valence-corrected chi connectivity index (χ2v) is 8.64. The molecule has 5 nitrogen and oxygen atoms in total. The van der Waals surface area contributed by atoms with Crippen molar-refractivity contribution in [1.29, 1.82) is 0 Å². The van der Waals surface area contributed by atoms with E-state index in [4.69, 9.17) is 0 Å². The van der Waals surface area contributed by atoms with Gasteiger partial charge in [-0.1, -0.05) is 24.3 Å². The predicted molar refractivity (Wildman–Crippen MR) is 118 cm³/mol. The summed E-state index contributed by atoms with van der Waals surface area (Å²) in [7, 11) is 0. The first-order chi connectivity index (χ1) is 14.2. The van der Waals surface area contributed by atoms with Crippen LogP contribution in [-0.2, 0) is 16.1 Å². The maximum atomic E-state index is 12.6. The Hall–Kier alpha value is -2.47. The lowest BCUT2D eigenvalue weighted by Gasteiger charge is -2.29. The third-order valence-electron chi connectivity index (χ3n) is 5.49. The van der Waals surface area contributed by atoms with E-state index in [1.165, 1.54) is 18.5 Å². The molecule has 29 heavy (non-hydrogen) atoms. The molecule has 0 radical (unpaired) electrons. The first kappa shape index (κ1) is 19.8. The van der Waals surface area contributed by atoms with Crippen LogP contribution in [0.25, 0.3) is 0 Å². The molecular weight excluding hydrogens is 382 g/mol. The van der Waals surface area contributed by atoms with Crippen LogP contribution < -0.4 is 15.1 Å². The van der Waals surface area contributed by atoms with E-state index in [2.05, 4.69) is 34.5 Å². The molecule has 2 amide bonds. The van der Waals surface area contributed by atoms with E-state index in [1.54, 1.807) is 11.8 Å². The van der Waals surface area contributed by atoms with Gasteiger partial charge in [0.25, 0.3) is 0 Å². The molecule has 0 spiro atoms. The lowest BCUT2D eigenvalue weighted by molar-refractivity contribution is -0.125. The average molecular weight is 410 g/mol. The van der Waals surface area contributed by atoms with E-state index >= 15 is 0 Å². The van der Waals surface area contributed by atoms with Gasteiger partial charge < -0.3 is 15.1 Å². The number of hydrogen-bond acceptors (Lipinski definition) is 4. The lowest BCUT2D eigenvalue weighted by atomic mass is 10.2. The highest BCUT2D eigenvalue weighted by atomic mass is 32.2. The molecule has 2 aromatic carbocycles. The van der Waals surface area contributed by atoms with Crippen LogP contribution in [0.4, 0.5) is 11.4 Å². The normalized spacial score (nSPS) is 15.9. The lowest BCUT2D eigenvalue weighted by Crippen LogP contribution is -2.36. The molecule has 1 N–H and O–H groups in total. The van der Waals surface area contributed by atoms with Gasteiger partial charge in [0.2, 0.25) is 11.8 Å². The van der Waals surface area contributed by atoms with Gasteiger partial charge in [-0.05, 0) is 42.7 Å². The highest BCUT2D eigenvalue weighted by molar-refractivity contribution is 7.99. The van der Waals surface area contributed by atoms with Gasteiger partial charge in [0.15, 0.2) is 0 Å². The van der Waals surface area contributed by atoms with Crippen molar-refractivity contribution in [3.05, 3.63) is 54.1 Å². The minimum Gasteiger partial charge on any atom is -0.372 e. The molecule has 4 rings (SSSR count). The molecule has 2 heterocycles. The largest absolute Gasteiger partial charge is 0.372 e.